The lowest BCUT2D eigenvalue weighted by Crippen LogP contribution is -2.43. The van der Waals surface area contributed by atoms with Crippen molar-refractivity contribution in [1.82, 2.24) is 10.6 Å². The van der Waals surface area contributed by atoms with Crippen molar-refractivity contribution in [2.75, 3.05) is 0 Å². The molecule has 1 fully saturated rings. The van der Waals surface area contributed by atoms with Gasteiger partial charge in [-0.2, -0.15) is 0 Å². The Morgan fingerprint density at radius 1 is 1.40 bits per heavy atom. The zero-order chi connectivity index (χ0) is 15.0. The first-order valence-electron chi connectivity index (χ1n) is 5.97. The van der Waals surface area contributed by atoms with Crippen molar-refractivity contribution in [3.63, 3.8) is 0 Å². The summed E-state index contributed by atoms with van der Waals surface area (Å²) in [5.74, 6) is -0.279. The molecule has 0 radical (unpaired) electrons. The summed E-state index contributed by atoms with van der Waals surface area (Å²) in [5.41, 5.74) is 0.110. The molecule has 1 aliphatic rings. The van der Waals surface area contributed by atoms with Gasteiger partial charge in [-0.15, -0.1) is 23.2 Å². The van der Waals surface area contributed by atoms with Crippen LogP contribution < -0.4 is 10.6 Å². The maximum Gasteiger partial charge on any atom is 0.235 e. The second kappa shape index (κ2) is 5.68. The fourth-order valence-electron chi connectivity index (χ4n) is 1.75. The van der Waals surface area contributed by atoms with Gasteiger partial charge in [0, 0.05) is 11.6 Å². The van der Waals surface area contributed by atoms with Gasteiger partial charge in [0.1, 0.15) is 4.33 Å². The minimum atomic E-state index is -1.00. The molecule has 2 N–H and O–H groups in total. The number of halogens is 3. The second-order valence-corrected chi connectivity index (χ2v) is 7.24. The molecule has 1 aromatic carbocycles. The van der Waals surface area contributed by atoms with Crippen LogP contribution >= 0.6 is 47.0 Å². The Kier molecular flexibility index (Phi) is 4.50. The van der Waals surface area contributed by atoms with Gasteiger partial charge in [0.2, 0.25) is 5.91 Å². The molecule has 0 bridgehead atoms. The molecular weight excluding hydrogens is 339 g/mol. The topological polar surface area (TPSA) is 41.1 Å². The molecule has 1 aromatic rings. The standard InChI is InChI=1S/C13H13Cl3N2OS/c1-12(7-13(12,15)16)10(19)18-11(20)17-6-8-4-2-3-5-9(8)14/h2-5H,6-7H2,1H3,(H2,17,18,19,20)/t12-/m0/s1. The number of rotatable bonds is 3. The number of carbonyl (C=O) groups is 1. The Bertz CT molecular complexity index is 564. The molecule has 7 heteroatoms. The van der Waals surface area contributed by atoms with Gasteiger partial charge in [-0.3, -0.25) is 4.79 Å². The first-order chi connectivity index (χ1) is 9.26. The van der Waals surface area contributed by atoms with Crippen molar-refractivity contribution in [1.29, 1.82) is 0 Å². The molecule has 0 unspecified atom stereocenters. The maximum absolute atomic E-state index is 12.0. The van der Waals surface area contributed by atoms with Crippen LogP contribution in [0, 0.1) is 5.41 Å². The van der Waals surface area contributed by atoms with Crippen LogP contribution in [0.4, 0.5) is 0 Å². The number of hydrogen-bond acceptors (Lipinski definition) is 2. The largest absolute Gasteiger partial charge is 0.358 e. The molecule has 1 amide bonds. The minimum Gasteiger partial charge on any atom is -0.358 e. The van der Waals surface area contributed by atoms with Crippen LogP contribution in [0.2, 0.25) is 5.02 Å². The van der Waals surface area contributed by atoms with Crippen LogP contribution in [0.25, 0.3) is 0 Å². The Morgan fingerprint density at radius 2 is 2.00 bits per heavy atom. The molecular formula is C13H13Cl3N2OS. The van der Waals surface area contributed by atoms with E-state index in [9.17, 15) is 4.79 Å². The van der Waals surface area contributed by atoms with Gasteiger partial charge in [-0.05, 0) is 37.2 Å². The molecule has 1 atom stereocenters. The number of benzene rings is 1. The third-order valence-electron chi connectivity index (χ3n) is 3.38. The Morgan fingerprint density at radius 3 is 2.55 bits per heavy atom. The van der Waals surface area contributed by atoms with E-state index in [-0.39, 0.29) is 11.0 Å². The van der Waals surface area contributed by atoms with E-state index in [1.807, 2.05) is 18.2 Å². The third-order valence-corrected chi connectivity index (χ3v) is 5.10. The molecule has 0 spiro atoms. The summed E-state index contributed by atoms with van der Waals surface area (Å²) in [6.07, 6.45) is 0.419. The van der Waals surface area contributed by atoms with E-state index in [1.54, 1.807) is 13.0 Å². The lowest BCUT2D eigenvalue weighted by atomic mass is 10.1. The van der Waals surface area contributed by atoms with Crippen LogP contribution in [0.15, 0.2) is 24.3 Å². The van der Waals surface area contributed by atoms with Crippen LogP contribution in [0.1, 0.15) is 18.9 Å². The van der Waals surface area contributed by atoms with Crippen molar-refractivity contribution in [3.05, 3.63) is 34.9 Å². The van der Waals surface area contributed by atoms with Crippen LogP contribution in [0.5, 0.6) is 0 Å². The second-order valence-electron chi connectivity index (χ2n) is 4.94. The zero-order valence-electron chi connectivity index (χ0n) is 10.7. The first-order valence-corrected chi connectivity index (χ1v) is 7.51. The fourth-order valence-corrected chi connectivity index (χ4v) is 2.82. The van der Waals surface area contributed by atoms with Crippen molar-refractivity contribution in [2.45, 2.75) is 24.2 Å². The maximum atomic E-state index is 12.0. The average Bonchev–Trinajstić information content (AvgIpc) is 2.89. The normalized spacial score (nSPS) is 23.0. The predicted octanol–water partition coefficient (Wildman–Crippen LogP) is 3.41. The highest BCUT2D eigenvalue weighted by Crippen LogP contribution is 2.63. The summed E-state index contributed by atoms with van der Waals surface area (Å²) in [4.78, 5) is 12.0. The Balaban J connectivity index is 1.85. The van der Waals surface area contributed by atoms with E-state index in [0.29, 0.717) is 18.0 Å². The molecule has 0 saturated heterocycles. The molecule has 2 rings (SSSR count). The lowest BCUT2D eigenvalue weighted by molar-refractivity contribution is -0.124. The summed E-state index contributed by atoms with van der Waals surface area (Å²) in [6, 6.07) is 7.40. The summed E-state index contributed by atoms with van der Waals surface area (Å²) < 4.78 is -1.00. The highest BCUT2D eigenvalue weighted by molar-refractivity contribution is 7.80. The number of alkyl halides is 2. The van der Waals surface area contributed by atoms with E-state index in [1.165, 1.54) is 0 Å². The predicted molar refractivity (Wildman–Crippen MR) is 86.2 cm³/mol. The van der Waals surface area contributed by atoms with Crippen LogP contribution in [-0.4, -0.2) is 15.4 Å². The summed E-state index contributed by atoms with van der Waals surface area (Å²) in [6.45, 7) is 2.14. The number of amides is 1. The van der Waals surface area contributed by atoms with Gasteiger partial charge in [-0.25, -0.2) is 0 Å². The van der Waals surface area contributed by atoms with Crippen molar-refractivity contribution >= 4 is 58.0 Å². The Hall–Kier alpha value is -0.550. The molecule has 20 heavy (non-hydrogen) atoms. The number of hydrogen-bond donors (Lipinski definition) is 2. The molecule has 1 saturated carbocycles. The summed E-state index contributed by atoms with van der Waals surface area (Å²) >= 11 is 23.0. The smallest absolute Gasteiger partial charge is 0.235 e. The van der Waals surface area contributed by atoms with E-state index in [2.05, 4.69) is 10.6 Å². The molecule has 0 aliphatic heterocycles. The van der Waals surface area contributed by atoms with E-state index < -0.39 is 9.75 Å². The molecule has 0 heterocycles. The fraction of sp³-hybridized carbons (Fsp3) is 0.385. The van der Waals surface area contributed by atoms with Crippen LogP contribution in [-0.2, 0) is 11.3 Å². The molecule has 1 aliphatic carbocycles. The van der Waals surface area contributed by atoms with Gasteiger partial charge < -0.3 is 10.6 Å². The van der Waals surface area contributed by atoms with E-state index in [4.69, 9.17) is 47.0 Å². The molecule has 0 aromatic heterocycles. The summed E-state index contributed by atoms with van der Waals surface area (Å²) in [5, 5.41) is 6.40. The van der Waals surface area contributed by atoms with E-state index >= 15 is 0 Å². The first kappa shape index (κ1) is 15.8. The zero-order valence-corrected chi connectivity index (χ0v) is 13.8. The van der Waals surface area contributed by atoms with Crippen molar-refractivity contribution in [3.8, 4) is 0 Å². The van der Waals surface area contributed by atoms with Gasteiger partial charge in [0.15, 0.2) is 5.11 Å². The van der Waals surface area contributed by atoms with Crippen LogP contribution in [0.3, 0.4) is 0 Å². The molecule has 3 nitrogen and oxygen atoms in total. The van der Waals surface area contributed by atoms with Crippen molar-refractivity contribution < 1.29 is 4.79 Å². The summed E-state index contributed by atoms with van der Waals surface area (Å²) in [7, 11) is 0. The number of thiocarbonyl (C=S) groups is 1. The van der Waals surface area contributed by atoms with Gasteiger partial charge in [0.05, 0.1) is 5.41 Å². The quantitative estimate of drug-likeness (QED) is 0.647. The third kappa shape index (κ3) is 3.19. The lowest BCUT2D eigenvalue weighted by Gasteiger charge is -2.14. The van der Waals surface area contributed by atoms with Gasteiger partial charge in [-0.1, -0.05) is 29.8 Å². The number of nitrogens with one attached hydrogen (secondary N) is 2. The monoisotopic (exact) mass is 350 g/mol. The van der Waals surface area contributed by atoms with Gasteiger partial charge in [0.25, 0.3) is 0 Å². The number of carbonyl (C=O) groups excluding carboxylic acids is 1. The highest BCUT2D eigenvalue weighted by Gasteiger charge is 2.68. The SMILES string of the molecule is C[C@@]1(C(=O)NC(=S)NCc2ccccc2Cl)CC1(Cl)Cl. The minimum absolute atomic E-state index is 0.229. The van der Waals surface area contributed by atoms with Crippen molar-refractivity contribution in [2.24, 2.45) is 5.41 Å². The highest BCUT2D eigenvalue weighted by atomic mass is 35.5. The molecule has 108 valence electrons. The van der Waals surface area contributed by atoms with Gasteiger partial charge >= 0.3 is 0 Å². The Labute approximate surface area is 138 Å². The average molecular weight is 352 g/mol. The van der Waals surface area contributed by atoms with E-state index in [0.717, 1.165) is 5.56 Å².